The molecule has 3 aromatic rings. The third-order valence-electron chi connectivity index (χ3n) is 4.96. The van der Waals surface area contributed by atoms with Crippen LogP contribution in [0.1, 0.15) is 17.5 Å². The maximum absolute atomic E-state index is 12.5. The number of rotatable bonds is 4. The Kier molecular flexibility index (Phi) is 4.24. The van der Waals surface area contributed by atoms with E-state index in [9.17, 15) is 9.59 Å². The highest BCUT2D eigenvalue weighted by Gasteiger charge is 2.15. The average Bonchev–Trinajstić information content (AvgIpc) is 2.64. The number of benzene rings is 2. The van der Waals surface area contributed by atoms with Crippen LogP contribution in [0.5, 0.6) is 0 Å². The Bertz CT molecular complexity index is 1020. The zero-order valence-electron chi connectivity index (χ0n) is 14.1. The first kappa shape index (κ1) is 15.8. The lowest BCUT2D eigenvalue weighted by atomic mass is 10.00. The quantitative estimate of drug-likeness (QED) is 0.795. The van der Waals surface area contributed by atoms with E-state index < -0.39 is 0 Å². The van der Waals surface area contributed by atoms with Crippen LogP contribution in [-0.2, 0) is 19.5 Å². The van der Waals surface area contributed by atoms with Crippen molar-refractivity contribution in [1.82, 2.24) is 14.5 Å². The maximum atomic E-state index is 12.5. The molecule has 0 atom stereocenters. The van der Waals surface area contributed by atoms with Crippen LogP contribution in [0, 0.1) is 0 Å². The van der Waals surface area contributed by atoms with E-state index in [-0.39, 0.29) is 11.2 Å². The summed E-state index contributed by atoms with van der Waals surface area (Å²) >= 11 is 0. The van der Waals surface area contributed by atoms with Gasteiger partial charge in [0.1, 0.15) is 0 Å². The third-order valence-corrected chi connectivity index (χ3v) is 4.96. The monoisotopic (exact) mass is 335 g/mol. The highest BCUT2D eigenvalue weighted by Crippen LogP contribution is 2.18. The second-order valence-electron chi connectivity index (χ2n) is 6.58. The number of hydrogen-bond acceptors (Lipinski definition) is 3. The summed E-state index contributed by atoms with van der Waals surface area (Å²) in [5, 5.41) is 0.564. The molecule has 0 amide bonds. The molecule has 0 radical (unpaired) electrons. The molecule has 0 bridgehead atoms. The molecule has 0 saturated heterocycles. The van der Waals surface area contributed by atoms with E-state index >= 15 is 0 Å². The van der Waals surface area contributed by atoms with Crippen LogP contribution in [0.15, 0.2) is 58.1 Å². The second-order valence-corrected chi connectivity index (χ2v) is 6.58. The SMILES string of the molecule is O=c1[nH]c2ccccc2c(=O)n1CCCN1CCc2ccccc2C1. The number of fused-ring (bicyclic) bond motifs is 2. The largest absolute Gasteiger partial charge is 0.328 e. The summed E-state index contributed by atoms with van der Waals surface area (Å²) in [5.41, 5.74) is 2.88. The Balaban J connectivity index is 1.45. The Hall–Kier alpha value is -2.66. The van der Waals surface area contributed by atoms with E-state index in [1.165, 1.54) is 15.7 Å². The summed E-state index contributed by atoms with van der Waals surface area (Å²) in [7, 11) is 0. The molecule has 1 aromatic heterocycles. The molecule has 5 nitrogen and oxygen atoms in total. The van der Waals surface area contributed by atoms with Crippen molar-refractivity contribution in [1.29, 1.82) is 0 Å². The number of H-pyrrole nitrogens is 1. The maximum Gasteiger partial charge on any atom is 0.328 e. The molecule has 0 aliphatic carbocycles. The van der Waals surface area contributed by atoms with Crippen LogP contribution in [0.3, 0.4) is 0 Å². The predicted octanol–water partition coefficient (Wildman–Crippen LogP) is 2.14. The van der Waals surface area contributed by atoms with Crippen LogP contribution in [0.2, 0.25) is 0 Å². The lowest BCUT2D eigenvalue weighted by Gasteiger charge is -2.28. The summed E-state index contributed by atoms with van der Waals surface area (Å²) < 4.78 is 1.32. The molecule has 0 spiro atoms. The average molecular weight is 335 g/mol. The second kappa shape index (κ2) is 6.69. The van der Waals surface area contributed by atoms with Crippen LogP contribution in [0.25, 0.3) is 10.9 Å². The number of nitrogens with one attached hydrogen (secondary N) is 1. The van der Waals surface area contributed by atoms with Crippen molar-refractivity contribution in [3.8, 4) is 0 Å². The van der Waals surface area contributed by atoms with E-state index in [2.05, 4.69) is 34.1 Å². The number of aromatic amines is 1. The smallest absolute Gasteiger partial charge is 0.307 e. The number of aromatic nitrogens is 2. The van der Waals surface area contributed by atoms with Gasteiger partial charge >= 0.3 is 5.69 Å². The molecule has 128 valence electrons. The normalized spacial score (nSPS) is 14.6. The van der Waals surface area contributed by atoms with Crippen molar-refractivity contribution in [2.75, 3.05) is 13.1 Å². The van der Waals surface area contributed by atoms with Gasteiger partial charge in [-0.1, -0.05) is 36.4 Å². The number of para-hydroxylation sites is 1. The van der Waals surface area contributed by atoms with Crippen molar-refractivity contribution in [2.45, 2.75) is 25.9 Å². The first-order chi connectivity index (χ1) is 12.2. The molecule has 0 saturated carbocycles. The molecule has 5 heteroatoms. The molecule has 0 fully saturated rings. The molecule has 25 heavy (non-hydrogen) atoms. The minimum Gasteiger partial charge on any atom is -0.307 e. The van der Waals surface area contributed by atoms with Crippen LogP contribution in [-0.4, -0.2) is 27.5 Å². The molecule has 2 aromatic carbocycles. The minimum absolute atomic E-state index is 0.205. The lowest BCUT2D eigenvalue weighted by Crippen LogP contribution is -2.37. The third kappa shape index (κ3) is 3.15. The van der Waals surface area contributed by atoms with Gasteiger partial charge in [-0.05, 0) is 36.1 Å². The summed E-state index contributed by atoms with van der Waals surface area (Å²) in [5.74, 6) is 0. The molecular weight excluding hydrogens is 314 g/mol. The zero-order chi connectivity index (χ0) is 17.2. The molecular formula is C20H21N3O2. The molecule has 1 aliphatic heterocycles. The highest BCUT2D eigenvalue weighted by atomic mass is 16.2. The topological polar surface area (TPSA) is 58.1 Å². The van der Waals surface area contributed by atoms with Gasteiger partial charge in [0.25, 0.3) is 5.56 Å². The minimum atomic E-state index is -0.326. The summed E-state index contributed by atoms with van der Waals surface area (Å²) in [6.07, 6.45) is 1.84. The molecule has 1 aliphatic rings. The fourth-order valence-corrected chi connectivity index (χ4v) is 3.60. The van der Waals surface area contributed by atoms with Crippen molar-refractivity contribution in [3.63, 3.8) is 0 Å². The summed E-state index contributed by atoms with van der Waals surface area (Å²) in [4.78, 5) is 29.9. The van der Waals surface area contributed by atoms with Gasteiger partial charge in [0.2, 0.25) is 0 Å². The van der Waals surface area contributed by atoms with Crippen molar-refractivity contribution in [2.24, 2.45) is 0 Å². The fraction of sp³-hybridized carbons (Fsp3) is 0.300. The van der Waals surface area contributed by atoms with E-state index in [0.717, 1.165) is 32.5 Å². The predicted molar refractivity (Wildman–Crippen MR) is 98.9 cm³/mol. The Morgan fingerprint density at radius 1 is 0.920 bits per heavy atom. The van der Waals surface area contributed by atoms with Gasteiger partial charge in [-0.15, -0.1) is 0 Å². The molecule has 2 heterocycles. The van der Waals surface area contributed by atoms with Crippen molar-refractivity contribution < 1.29 is 0 Å². The Morgan fingerprint density at radius 2 is 1.68 bits per heavy atom. The molecule has 4 rings (SSSR count). The van der Waals surface area contributed by atoms with E-state index in [1.54, 1.807) is 12.1 Å². The Morgan fingerprint density at radius 3 is 2.56 bits per heavy atom. The van der Waals surface area contributed by atoms with E-state index in [0.29, 0.717) is 17.4 Å². The van der Waals surface area contributed by atoms with Gasteiger partial charge in [0, 0.05) is 26.2 Å². The van der Waals surface area contributed by atoms with E-state index in [4.69, 9.17) is 0 Å². The van der Waals surface area contributed by atoms with Gasteiger partial charge < -0.3 is 4.98 Å². The first-order valence-corrected chi connectivity index (χ1v) is 8.73. The molecule has 1 N–H and O–H groups in total. The molecule has 0 unspecified atom stereocenters. The van der Waals surface area contributed by atoms with Crippen LogP contribution in [0.4, 0.5) is 0 Å². The first-order valence-electron chi connectivity index (χ1n) is 8.73. The lowest BCUT2D eigenvalue weighted by molar-refractivity contribution is 0.245. The summed E-state index contributed by atoms with van der Waals surface area (Å²) in [6.45, 7) is 3.29. The standard InChI is InChI=1S/C20H21N3O2/c24-19-17-8-3-4-9-18(17)21-20(25)23(19)12-5-11-22-13-10-15-6-1-2-7-16(15)14-22/h1-4,6-9H,5,10-14H2,(H,21,25). The zero-order valence-corrected chi connectivity index (χ0v) is 14.1. The number of nitrogens with zero attached hydrogens (tertiary/aromatic N) is 2. The van der Waals surface area contributed by atoms with Gasteiger partial charge in [0.15, 0.2) is 0 Å². The van der Waals surface area contributed by atoms with Gasteiger partial charge in [0.05, 0.1) is 10.9 Å². The highest BCUT2D eigenvalue weighted by molar-refractivity contribution is 5.76. The number of hydrogen-bond donors (Lipinski definition) is 1. The van der Waals surface area contributed by atoms with E-state index in [1.807, 2.05) is 12.1 Å². The Labute approximate surface area is 145 Å². The van der Waals surface area contributed by atoms with Gasteiger partial charge in [-0.2, -0.15) is 0 Å². The van der Waals surface area contributed by atoms with Gasteiger partial charge in [-0.3, -0.25) is 14.3 Å². The van der Waals surface area contributed by atoms with Crippen LogP contribution >= 0.6 is 0 Å². The summed E-state index contributed by atoms with van der Waals surface area (Å²) in [6, 6.07) is 15.7. The fourth-order valence-electron chi connectivity index (χ4n) is 3.60. The van der Waals surface area contributed by atoms with Crippen molar-refractivity contribution in [3.05, 3.63) is 80.5 Å². The van der Waals surface area contributed by atoms with Crippen molar-refractivity contribution >= 4 is 10.9 Å². The van der Waals surface area contributed by atoms with Crippen LogP contribution < -0.4 is 11.2 Å². The van der Waals surface area contributed by atoms with Gasteiger partial charge in [-0.25, -0.2) is 4.79 Å².